The van der Waals surface area contributed by atoms with Gasteiger partial charge in [0.05, 0.1) is 16.8 Å². The molecule has 1 aliphatic carbocycles. The van der Waals surface area contributed by atoms with Crippen LogP contribution in [0, 0.1) is 5.92 Å². The maximum Gasteiger partial charge on any atom is 0.268 e. The quantitative estimate of drug-likeness (QED) is 0.618. The van der Waals surface area contributed by atoms with Gasteiger partial charge in [0, 0.05) is 6.04 Å². The van der Waals surface area contributed by atoms with Crippen LogP contribution in [0.3, 0.4) is 0 Å². The maximum absolute atomic E-state index is 12.9. The Morgan fingerprint density at radius 2 is 1.96 bits per heavy atom. The molecule has 0 saturated heterocycles. The summed E-state index contributed by atoms with van der Waals surface area (Å²) in [5.41, 5.74) is 0.721. The molecule has 1 atom stereocenters. The highest BCUT2D eigenvalue weighted by molar-refractivity contribution is 7.91. The zero-order valence-corrected chi connectivity index (χ0v) is 19.4. The zero-order chi connectivity index (χ0) is 19.9. The summed E-state index contributed by atoms with van der Waals surface area (Å²) in [6, 6.07) is 7.30. The van der Waals surface area contributed by atoms with Crippen LogP contribution in [0.2, 0.25) is 18.1 Å². The Morgan fingerprint density at radius 1 is 1.30 bits per heavy atom. The number of hydrogen-bond acceptors (Lipinski definition) is 5. The number of fused-ring (bicyclic) bond motifs is 1. The molecule has 0 radical (unpaired) electrons. The Hall–Kier alpha value is -0.803. The maximum atomic E-state index is 12.9. The fraction of sp³-hybridized carbons (Fsp3) is 0.632. The van der Waals surface area contributed by atoms with Crippen LogP contribution in [0.1, 0.15) is 40.0 Å². The van der Waals surface area contributed by atoms with Crippen LogP contribution in [0.15, 0.2) is 28.6 Å². The number of sulfonamides is 1. The normalized spacial score (nSPS) is 17.4. The van der Waals surface area contributed by atoms with Crippen molar-refractivity contribution in [2.45, 2.75) is 68.5 Å². The fourth-order valence-electron chi connectivity index (χ4n) is 2.67. The number of hydrogen-bond donors (Lipinski definition) is 1. The largest absolute Gasteiger partial charge is 0.415 e. The van der Waals surface area contributed by atoms with Gasteiger partial charge in [-0.1, -0.05) is 45.7 Å². The Labute approximate surface area is 167 Å². The van der Waals surface area contributed by atoms with E-state index in [1.807, 2.05) is 24.3 Å². The second-order valence-corrected chi connectivity index (χ2v) is 16.7. The molecule has 0 unspecified atom stereocenters. The molecule has 1 fully saturated rings. The summed E-state index contributed by atoms with van der Waals surface area (Å²) >= 11 is 1.21. The number of thiazole rings is 1. The molecular formula is C19H30N2O3S2Si. The lowest BCUT2D eigenvalue weighted by Gasteiger charge is -2.37. The summed E-state index contributed by atoms with van der Waals surface area (Å²) in [5.74, 6) is 0.607. The molecular weight excluding hydrogens is 396 g/mol. The van der Waals surface area contributed by atoms with Crippen molar-refractivity contribution in [3.05, 3.63) is 24.3 Å². The molecule has 0 bridgehead atoms. The van der Waals surface area contributed by atoms with Crippen molar-refractivity contribution in [2.24, 2.45) is 5.92 Å². The number of benzene rings is 1. The molecule has 0 amide bonds. The number of rotatable bonds is 8. The Morgan fingerprint density at radius 3 is 2.56 bits per heavy atom. The van der Waals surface area contributed by atoms with Crippen LogP contribution in [-0.2, 0) is 14.4 Å². The summed E-state index contributed by atoms with van der Waals surface area (Å²) in [6.07, 6.45) is 3.19. The average Bonchev–Trinajstić information content (AvgIpc) is 3.25. The number of nitrogens with zero attached hydrogens (tertiary/aromatic N) is 1. The molecule has 1 saturated carbocycles. The van der Waals surface area contributed by atoms with Crippen molar-refractivity contribution < 1.29 is 12.8 Å². The predicted octanol–water partition coefficient (Wildman–Crippen LogP) is 4.77. The molecule has 1 N–H and O–H groups in total. The molecule has 8 heteroatoms. The van der Waals surface area contributed by atoms with E-state index in [9.17, 15) is 8.42 Å². The van der Waals surface area contributed by atoms with Crippen molar-refractivity contribution in [3.8, 4) is 0 Å². The van der Waals surface area contributed by atoms with Gasteiger partial charge in [-0.2, -0.15) is 0 Å². The van der Waals surface area contributed by atoms with Gasteiger partial charge in [0.2, 0.25) is 4.34 Å². The SMILES string of the molecule is CC(C)(C)[Si](C)(C)OC[C@H](CC1CC1)NS(=O)(=O)c1nc2ccccc2s1. The minimum absolute atomic E-state index is 0.100. The van der Waals surface area contributed by atoms with E-state index in [4.69, 9.17) is 4.43 Å². The van der Waals surface area contributed by atoms with Crippen molar-refractivity contribution in [2.75, 3.05) is 6.61 Å². The van der Waals surface area contributed by atoms with Gasteiger partial charge in [-0.25, -0.2) is 18.1 Å². The van der Waals surface area contributed by atoms with E-state index in [0.29, 0.717) is 12.5 Å². The highest BCUT2D eigenvalue weighted by Gasteiger charge is 2.38. The zero-order valence-electron chi connectivity index (χ0n) is 16.8. The highest BCUT2D eigenvalue weighted by Crippen LogP contribution is 2.38. The molecule has 5 nitrogen and oxygen atoms in total. The van der Waals surface area contributed by atoms with Crippen LogP contribution in [0.4, 0.5) is 0 Å². The van der Waals surface area contributed by atoms with Crippen molar-refractivity contribution in [3.63, 3.8) is 0 Å². The Bertz CT molecular complexity index is 866. The first-order valence-electron chi connectivity index (χ1n) is 9.50. The molecule has 1 aromatic heterocycles. The molecule has 3 rings (SSSR count). The van der Waals surface area contributed by atoms with E-state index in [0.717, 1.165) is 16.6 Å². The van der Waals surface area contributed by atoms with Gasteiger partial charge in [-0.3, -0.25) is 0 Å². The van der Waals surface area contributed by atoms with Gasteiger partial charge in [0.1, 0.15) is 0 Å². The molecule has 0 aliphatic heterocycles. The van der Waals surface area contributed by atoms with Crippen LogP contribution in [0.25, 0.3) is 10.2 Å². The Balaban J connectivity index is 1.74. The van der Waals surface area contributed by atoms with E-state index in [1.54, 1.807) is 0 Å². The predicted molar refractivity (Wildman–Crippen MR) is 114 cm³/mol. The van der Waals surface area contributed by atoms with Crippen LogP contribution < -0.4 is 4.72 Å². The third kappa shape index (κ3) is 5.17. The summed E-state index contributed by atoms with van der Waals surface area (Å²) in [6.45, 7) is 11.4. The lowest BCUT2D eigenvalue weighted by atomic mass is 10.2. The van der Waals surface area contributed by atoms with Gasteiger partial charge < -0.3 is 4.43 Å². The second kappa shape index (κ2) is 7.55. The number of aromatic nitrogens is 1. The van der Waals surface area contributed by atoms with Crippen molar-refractivity contribution >= 4 is 39.9 Å². The molecule has 0 spiro atoms. The molecule has 1 aromatic carbocycles. The first kappa shape index (κ1) is 20.9. The topological polar surface area (TPSA) is 68.3 Å². The van der Waals surface area contributed by atoms with Gasteiger partial charge in [-0.05, 0) is 42.6 Å². The van der Waals surface area contributed by atoms with Gasteiger partial charge in [0.25, 0.3) is 10.0 Å². The van der Waals surface area contributed by atoms with Gasteiger partial charge in [-0.15, -0.1) is 11.3 Å². The molecule has 1 heterocycles. The summed E-state index contributed by atoms with van der Waals surface area (Å²) < 4.78 is 36.1. The van der Waals surface area contributed by atoms with Gasteiger partial charge >= 0.3 is 0 Å². The third-order valence-electron chi connectivity index (χ3n) is 5.59. The summed E-state index contributed by atoms with van der Waals surface area (Å²) in [7, 11) is -5.58. The van der Waals surface area contributed by atoms with E-state index < -0.39 is 18.3 Å². The first-order valence-corrected chi connectivity index (χ1v) is 14.7. The van der Waals surface area contributed by atoms with Crippen molar-refractivity contribution in [1.82, 2.24) is 9.71 Å². The monoisotopic (exact) mass is 426 g/mol. The summed E-state index contributed by atoms with van der Waals surface area (Å²) in [4.78, 5) is 4.32. The molecule has 2 aromatic rings. The fourth-order valence-corrected chi connectivity index (χ4v) is 6.19. The van der Waals surface area contributed by atoms with E-state index in [1.165, 1.54) is 24.2 Å². The first-order chi connectivity index (χ1) is 12.5. The average molecular weight is 427 g/mol. The van der Waals surface area contributed by atoms with Crippen molar-refractivity contribution in [1.29, 1.82) is 0 Å². The lowest BCUT2D eigenvalue weighted by Crippen LogP contribution is -2.46. The minimum atomic E-state index is -3.65. The van der Waals surface area contributed by atoms with Crippen LogP contribution in [0.5, 0.6) is 0 Å². The molecule has 150 valence electrons. The van der Waals surface area contributed by atoms with E-state index >= 15 is 0 Å². The second-order valence-electron chi connectivity index (χ2n) is 9.02. The number of para-hydroxylation sites is 1. The number of nitrogens with one attached hydrogen (secondary N) is 1. The van der Waals surface area contributed by atoms with E-state index in [-0.39, 0.29) is 15.4 Å². The third-order valence-corrected chi connectivity index (χ3v) is 13.0. The smallest absolute Gasteiger partial charge is 0.268 e. The lowest BCUT2D eigenvalue weighted by molar-refractivity contribution is 0.245. The minimum Gasteiger partial charge on any atom is -0.415 e. The van der Waals surface area contributed by atoms with Crippen LogP contribution >= 0.6 is 11.3 Å². The Kier molecular flexibility index (Phi) is 5.85. The molecule has 1 aliphatic rings. The van der Waals surface area contributed by atoms with E-state index in [2.05, 4.69) is 43.6 Å². The standard InChI is InChI=1S/C19H30N2O3S2Si/c1-19(2,3)27(4,5)24-13-15(12-14-10-11-14)21-26(22,23)18-20-16-8-6-7-9-17(16)25-18/h6-9,14-15,21H,10-13H2,1-5H3/t15-/m0/s1. The van der Waals surface area contributed by atoms with Gasteiger partial charge in [0.15, 0.2) is 8.32 Å². The highest BCUT2D eigenvalue weighted by atomic mass is 32.2. The molecule has 27 heavy (non-hydrogen) atoms. The summed E-state index contributed by atoms with van der Waals surface area (Å²) in [5, 5.41) is 0.100. The van der Waals surface area contributed by atoms with Crippen LogP contribution in [-0.4, -0.2) is 34.4 Å².